The summed E-state index contributed by atoms with van der Waals surface area (Å²) < 4.78 is 0. The molecule has 0 unspecified atom stereocenters. The topological polar surface area (TPSA) is 49.8 Å². The zero-order valence-electron chi connectivity index (χ0n) is 8.72. The highest BCUT2D eigenvalue weighted by Crippen LogP contribution is 2.19. The number of aromatic nitrogens is 2. The molecule has 0 amide bonds. The average Bonchev–Trinajstić information content (AvgIpc) is 2.27. The Morgan fingerprint density at radius 1 is 1.43 bits per heavy atom. The molecule has 1 aliphatic rings. The van der Waals surface area contributed by atoms with Crippen molar-refractivity contribution in [3.8, 4) is 0 Å². The molecule has 0 atom stereocenters. The molecule has 0 aromatic carbocycles. The molecule has 0 saturated carbocycles. The summed E-state index contributed by atoms with van der Waals surface area (Å²) in [6.45, 7) is 3.98. The number of anilines is 1. The van der Waals surface area contributed by atoms with Crippen LogP contribution >= 0.6 is 0 Å². The third-order valence-corrected chi connectivity index (χ3v) is 2.54. The van der Waals surface area contributed by atoms with Gasteiger partial charge in [0.1, 0.15) is 11.6 Å². The minimum Gasteiger partial charge on any atom is -0.373 e. The molecule has 1 aliphatic heterocycles. The molecule has 2 heterocycles. The van der Waals surface area contributed by atoms with Crippen molar-refractivity contribution in [3.63, 3.8) is 0 Å². The first kappa shape index (κ1) is 9.40. The van der Waals surface area contributed by atoms with Crippen molar-refractivity contribution in [2.75, 3.05) is 18.9 Å². The number of nitrogens with zero attached hydrogens (tertiary/aromatic N) is 2. The van der Waals surface area contributed by atoms with Crippen LogP contribution in [0.3, 0.4) is 0 Å². The molecular formula is C10H16N4. The van der Waals surface area contributed by atoms with Gasteiger partial charge in [-0.2, -0.15) is 0 Å². The van der Waals surface area contributed by atoms with Crippen molar-refractivity contribution < 1.29 is 0 Å². The summed E-state index contributed by atoms with van der Waals surface area (Å²) in [7, 11) is 1.92. The maximum Gasteiger partial charge on any atom is 0.133 e. The third kappa shape index (κ3) is 1.57. The van der Waals surface area contributed by atoms with Crippen molar-refractivity contribution in [2.24, 2.45) is 0 Å². The SMILES string of the molecule is CCc1nc2c(c(NC)n1)CCNC2. The predicted octanol–water partition coefficient (Wildman–Crippen LogP) is 0.726. The summed E-state index contributed by atoms with van der Waals surface area (Å²) in [6.07, 6.45) is 1.91. The number of fused-ring (bicyclic) bond motifs is 1. The minimum absolute atomic E-state index is 0.875. The molecule has 4 nitrogen and oxygen atoms in total. The second-order valence-corrected chi connectivity index (χ2v) is 3.44. The van der Waals surface area contributed by atoms with Crippen LogP contribution < -0.4 is 10.6 Å². The van der Waals surface area contributed by atoms with E-state index in [-0.39, 0.29) is 0 Å². The maximum atomic E-state index is 4.53. The second-order valence-electron chi connectivity index (χ2n) is 3.44. The molecule has 76 valence electrons. The molecule has 1 aromatic rings. The Morgan fingerprint density at radius 2 is 2.29 bits per heavy atom. The van der Waals surface area contributed by atoms with E-state index in [1.54, 1.807) is 0 Å². The molecule has 2 rings (SSSR count). The Morgan fingerprint density at radius 3 is 3.00 bits per heavy atom. The highest BCUT2D eigenvalue weighted by atomic mass is 15.0. The standard InChI is InChI=1S/C10H16N4/c1-3-9-13-8-6-12-5-4-7(8)10(11-2)14-9/h12H,3-6H2,1-2H3,(H,11,13,14). The van der Waals surface area contributed by atoms with Crippen LogP contribution in [0, 0.1) is 0 Å². The van der Waals surface area contributed by atoms with Crippen LogP contribution in [-0.4, -0.2) is 23.6 Å². The van der Waals surface area contributed by atoms with Gasteiger partial charge < -0.3 is 10.6 Å². The number of aryl methyl sites for hydroxylation is 1. The first-order valence-electron chi connectivity index (χ1n) is 5.12. The van der Waals surface area contributed by atoms with Gasteiger partial charge in [0, 0.05) is 25.6 Å². The number of hydrogen-bond donors (Lipinski definition) is 2. The van der Waals surface area contributed by atoms with E-state index in [1.807, 2.05) is 7.05 Å². The van der Waals surface area contributed by atoms with E-state index in [0.29, 0.717) is 0 Å². The average molecular weight is 192 g/mol. The van der Waals surface area contributed by atoms with Gasteiger partial charge >= 0.3 is 0 Å². The molecule has 0 radical (unpaired) electrons. The van der Waals surface area contributed by atoms with Gasteiger partial charge in [0.2, 0.25) is 0 Å². The fourth-order valence-corrected chi connectivity index (χ4v) is 1.78. The highest BCUT2D eigenvalue weighted by Gasteiger charge is 2.15. The van der Waals surface area contributed by atoms with Crippen LogP contribution in [0.5, 0.6) is 0 Å². The summed E-state index contributed by atoms with van der Waals surface area (Å²) in [6, 6.07) is 0. The summed E-state index contributed by atoms with van der Waals surface area (Å²) in [5.74, 6) is 1.94. The van der Waals surface area contributed by atoms with Crippen molar-refractivity contribution >= 4 is 5.82 Å². The van der Waals surface area contributed by atoms with Gasteiger partial charge in [0.15, 0.2) is 0 Å². The lowest BCUT2D eigenvalue weighted by Crippen LogP contribution is -2.26. The summed E-state index contributed by atoms with van der Waals surface area (Å²) in [5.41, 5.74) is 2.44. The van der Waals surface area contributed by atoms with Gasteiger partial charge in [-0.1, -0.05) is 6.92 Å². The quantitative estimate of drug-likeness (QED) is 0.725. The maximum absolute atomic E-state index is 4.53. The van der Waals surface area contributed by atoms with E-state index in [4.69, 9.17) is 0 Å². The van der Waals surface area contributed by atoms with Gasteiger partial charge in [-0.15, -0.1) is 0 Å². The normalized spacial score (nSPS) is 15.0. The number of nitrogens with one attached hydrogen (secondary N) is 2. The Kier molecular flexibility index (Phi) is 2.63. The Bertz CT molecular complexity index is 318. The molecule has 4 heteroatoms. The molecule has 0 bridgehead atoms. The van der Waals surface area contributed by atoms with E-state index in [9.17, 15) is 0 Å². The smallest absolute Gasteiger partial charge is 0.133 e. The molecule has 0 saturated heterocycles. The summed E-state index contributed by atoms with van der Waals surface area (Å²) in [4.78, 5) is 9.00. The van der Waals surface area contributed by atoms with Crippen LogP contribution in [0.25, 0.3) is 0 Å². The lowest BCUT2D eigenvalue weighted by molar-refractivity contribution is 0.619. The molecule has 2 N–H and O–H groups in total. The van der Waals surface area contributed by atoms with Crippen molar-refractivity contribution in [2.45, 2.75) is 26.3 Å². The van der Waals surface area contributed by atoms with Crippen LogP contribution in [0.15, 0.2) is 0 Å². The third-order valence-electron chi connectivity index (χ3n) is 2.54. The van der Waals surface area contributed by atoms with Crippen molar-refractivity contribution in [1.29, 1.82) is 0 Å². The summed E-state index contributed by atoms with van der Waals surface area (Å²) >= 11 is 0. The van der Waals surface area contributed by atoms with Crippen LogP contribution in [0.4, 0.5) is 5.82 Å². The first-order valence-corrected chi connectivity index (χ1v) is 5.12. The Labute approximate surface area is 84.2 Å². The van der Waals surface area contributed by atoms with Crippen LogP contribution in [-0.2, 0) is 19.4 Å². The van der Waals surface area contributed by atoms with Gasteiger partial charge in [0.05, 0.1) is 5.69 Å². The molecule has 0 spiro atoms. The molecule has 0 fully saturated rings. The van der Waals surface area contributed by atoms with Gasteiger partial charge in [-0.05, 0) is 13.0 Å². The van der Waals surface area contributed by atoms with Crippen LogP contribution in [0.1, 0.15) is 24.0 Å². The zero-order valence-corrected chi connectivity index (χ0v) is 8.72. The van der Waals surface area contributed by atoms with Gasteiger partial charge in [-0.3, -0.25) is 0 Å². The fourth-order valence-electron chi connectivity index (χ4n) is 1.78. The van der Waals surface area contributed by atoms with E-state index >= 15 is 0 Å². The monoisotopic (exact) mass is 192 g/mol. The molecule has 14 heavy (non-hydrogen) atoms. The van der Waals surface area contributed by atoms with E-state index < -0.39 is 0 Å². The van der Waals surface area contributed by atoms with Crippen molar-refractivity contribution in [3.05, 3.63) is 17.1 Å². The second kappa shape index (κ2) is 3.92. The largest absolute Gasteiger partial charge is 0.373 e. The predicted molar refractivity (Wildman–Crippen MR) is 56.4 cm³/mol. The number of hydrogen-bond acceptors (Lipinski definition) is 4. The van der Waals surface area contributed by atoms with Gasteiger partial charge in [-0.25, -0.2) is 9.97 Å². The lowest BCUT2D eigenvalue weighted by atomic mass is 10.1. The Balaban J connectivity index is 2.47. The van der Waals surface area contributed by atoms with E-state index in [2.05, 4.69) is 27.5 Å². The Hall–Kier alpha value is -1.16. The van der Waals surface area contributed by atoms with E-state index in [1.165, 1.54) is 5.56 Å². The fraction of sp³-hybridized carbons (Fsp3) is 0.600. The van der Waals surface area contributed by atoms with Gasteiger partial charge in [0.25, 0.3) is 0 Å². The molecule has 1 aromatic heterocycles. The molecular weight excluding hydrogens is 176 g/mol. The first-order chi connectivity index (χ1) is 6.85. The number of rotatable bonds is 2. The zero-order chi connectivity index (χ0) is 9.97. The summed E-state index contributed by atoms with van der Waals surface area (Å²) in [5, 5.41) is 6.48. The highest BCUT2D eigenvalue weighted by molar-refractivity contribution is 5.47. The van der Waals surface area contributed by atoms with E-state index in [0.717, 1.165) is 43.3 Å². The van der Waals surface area contributed by atoms with Crippen molar-refractivity contribution in [1.82, 2.24) is 15.3 Å². The molecule has 0 aliphatic carbocycles. The minimum atomic E-state index is 0.875. The lowest BCUT2D eigenvalue weighted by Gasteiger charge is -2.19. The van der Waals surface area contributed by atoms with Crippen LogP contribution in [0.2, 0.25) is 0 Å².